The van der Waals surface area contributed by atoms with E-state index in [4.69, 9.17) is 4.74 Å². The molecule has 0 radical (unpaired) electrons. The van der Waals surface area contributed by atoms with E-state index in [1.165, 1.54) is 12.1 Å². The SMILES string of the molecule is O=S(=O)(F)Oc1ccc(OCc2cc(C(F)(F)F)ccc2F)cc1. The monoisotopic (exact) mass is 368 g/mol. The molecule has 0 bridgehead atoms. The predicted molar refractivity (Wildman–Crippen MR) is 72.8 cm³/mol. The first kappa shape index (κ1) is 18.0. The van der Waals surface area contributed by atoms with Gasteiger partial charge < -0.3 is 8.92 Å². The Bertz CT molecular complexity index is 816. The summed E-state index contributed by atoms with van der Waals surface area (Å²) in [7, 11) is -5.17. The first-order valence-electron chi connectivity index (χ1n) is 6.27. The molecule has 0 spiro atoms. The molecule has 0 aliphatic heterocycles. The van der Waals surface area contributed by atoms with Gasteiger partial charge in [0.15, 0.2) is 0 Å². The number of alkyl halides is 3. The summed E-state index contributed by atoms with van der Waals surface area (Å²) in [5.41, 5.74) is -1.32. The Balaban J connectivity index is 2.08. The zero-order valence-corrected chi connectivity index (χ0v) is 12.5. The summed E-state index contributed by atoms with van der Waals surface area (Å²) >= 11 is 0. The van der Waals surface area contributed by atoms with Crippen LogP contribution in [0, 0.1) is 5.82 Å². The molecule has 0 N–H and O–H groups in total. The lowest BCUT2D eigenvalue weighted by Gasteiger charge is -2.11. The molecule has 0 unspecified atom stereocenters. The van der Waals surface area contributed by atoms with E-state index < -0.39 is 34.7 Å². The fourth-order valence-electron chi connectivity index (χ4n) is 1.73. The lowest BCUT2D eigenvalue weighted by atomic mass is 10.1. The van der Waals surface area contributed by atoms with E-state index in [1.54, 1.807) is 0 Å². The van der Waals surface area contributed by atoms with Gasteiger partial charge in [-0.1, -0.05) is 3.89 Å². The molecule has 130 valence electrons. The molecule has 24 heavy (non-hydrogen) atoms. The molecule has 4 nitrogen and oxygen atoms in total. The standard InChI is InChI=1S/C14H9F5O4S/c15-13-6-1-10(14(16,17)18)7-9(13)8-22-11-2-4-12(5-3-11)23-24(19,20)21/h1-7H,8H2. The molecule has 0 heterocycles. The lowest BCUT2D eigenvalue weighted by molar-refractivity contribution is -0.137. The lowest BCUT2D eigenvalue weighted by Crippen LogP contribution is -2.07. The van der Waals surface area contributed by atoms with E-state index in [1.807, 2.05) is 0 Å². The Labute approximate surface area is 133 Å². The highest BCUT2D eigenvalue weighted by Gasteiger charge is 2.31. The second-order valence-electron chi connectivity index (χ2n) is 4.54. The van der Waals surface area contributed by atoms with Crippen LogP contribution in [0.5, 0.6) is 11.5 Å². The highest BCUT2D eigenvalue weighted by atomic mass is 32.3. The maximum absolute atomic E-state index is 13.5. The Kier molecular flexibility index (Phi) is 4.97. The van der Waals surface area contributed by atoms with Crippen molar-refractivity contribution in [1.29, 1.82) is 0 Å². The average molecular weight is 368 g/mol. The summed E-state index contributed by atoms with van der Waals surface area (Å²) in [4.78, 5) is 0. The second kappa shape index (κ2) is 6.63. The van der Waals surface area contributed by atoms with Crippen LogP contribution in [0.25, 0.3) is 0 Å². The van der Waals surface area contributed by atoms with Crippen LogP contribution in [0.2, 0.25) is 0 Å². The Morgan fingerprint density at radius 2 is 1.54 bits per heavy atom. The maximum Gasteiger partial charge on any atom is 0.488 e. The van der Waals surface area contributed by atoms with Crippen LogP contribution in [0.15, 0.2) is 42.5 Å². The van der Waals surface area contributed by atoms with Gasteiger partial charge in [0, 0.05) is 5.56 Å². The van der Waals surface area contributed by atoms with Gasteiger partial charge in [0.25, 0.3) is 0 Å². The summed E-state index contributed by atoms with van der Waals surface area (Å²) in [5, 5.41) is 0. The number of halogens is 5. The van der Waals surface area contributed by atoms with Gasteiger partial charge >= 0.3 is 16.7 Å². The van der Waals surface area contributed by atoms with Crippen molar-refractivity contribution in [1.82, 2.24) is 0 Å². The molecule has 2 aromatic carbocycles. The number of ether oxygens (including phenoxy) is 1. The van der Waals surface area contributed by atoms with E-state index >= 15 is 0 Å². The summed E-state index contributed by atoms with van der Waals surface area (Å²) in [6, 6.07) is 6.43. The number of hydrogen-bond donors (Lipinski definition) is 0. The third-order valence-electron chi connectivity index (χ3n) is 2.79. The summed E-state index contributed by atoms with van der Waals surface area (Å²) in [5.74, 6) is -1.10. The fraction of sp³-hybridized carbons (Fsp3) is 0.143. The molecular formula is C14H9F5O4S. The van der Waals surface area contributed by atoms with Gasteiger partial charge in [-0.05, 0) is 42.5 Å². The molecule has 0 atom stereocenters. The molecule has 2 rings (SSSR count). The van der Waals surface area contributed by atoms with E-state index in [-0.39, 0.29) is 17.1 Å². The minimum atomic E-state index is -5.17. The van der Waals surface area contributed by atoms with E-state index in [0.29, 0.717) is 18.2 Å². The highest BCUT2D eigenvalue weighted by molar-refractivity contribution is 7.81. The third-order valence-corrected chi connectivity index (χ3v) is 3.18. The van der Waals surface area contributed by atoms with Gasteiger partial charge in [-0.15, -0.1) is 0 Å². The fourth-order valence-corrected chi connectivity index (χ4v) is 2.07. The second-order valence-corrected chi connectivity index (χ2v) is 5.49. The van der Waals surface area contributed by atoms with Crippen LogP contribution >= 0.6 is 0 Å². The molecule has 10 heteroatoms. The average Bonchev–Trinajstić information content (AvgIpc) is 2.45. The normalized spacial score (nSPS) is 12.0. The molecule has 0 aromatic heterocycles. The molecule has 0 amide bonds. The Morgan fingerprint density at radius 3 is 2.08 bits per heavy atom. The first-order valence-corrected chi connectivity index (χ1v) is 7.58. The van der Waals surface area contributed by atoms with Crippen LogP contribution in [-0.2, 0) is 23.3 Å². The summed E-state index contributed by atoms with van der Waals surface area (Å²) < 4.78 is 93.3. The van der Waals surface area contributed by atoms with Crippen LogP contribution in [0.1, 0.15) is 11.1 Å². The zero-order chi connectivity index (χ0) is 18.0. The molecular weight excluding hydrogens is 359 g/mol. The van der Waals surface area contributed by atoms with Gasteiger partial charge in [-0.25, -0.2) is 4.39 Å². The summed E-state index contributed by atoms with van der Waals surface area (Å²) in [6.45, 7) is -0.489. The topological polar surface area (TPSA) is 52.6 Å². The van der Waals surface area contributed by atoms with Crippen LogP contribution in [-0.4, -0.2) is 8.42 Å². The minimum absolute atomic E-state index is 0.0930. The van der Waals surface area contributed by atoms with Crippen LogP contribution < -0.4 is 8.92 Å². The molecule has 0 fully saturated rings. The predicted octanol–water partition coefficient (Wildman–Crippen LogP) is 4.02. The van der Waals surface area contributed by atoms with Crippen molar-refractivity contribution >= 4 is 10.5 Å². The quantitative estimate of drug-likeness (QED) is 0.591. The van der Waals surface area contributed by atoms with Crippen LogP contribution in [0.4, 0.5) is 21.4 Å². The van der Waals surface area contributed by atoms with E-state index in [0.717, 1.165) is 12.1 Å². The number of rotatable bonds is 5. The smallest absolute Gasteiger partial charge is 0.488 e. The highest BCUT2D eigenvalue weighted by Crippen LogP contribution is 2.30. The Hall–Kier alpha value is -2.36. The Morgan fingerprint density at radius 1 is 0.958 bits per heavy atom. The molecule has 2 aromatic rings. The van der Waals surface area contributed by atoms with Gasteiger partial charge in [-0.2, -0.15) is 21.6 Å². The van der Waals surface area contributed by atoms with Crippen molar-refractivity contribution in [3.05, 3.63) is 59.4 Å². The van der Waals surface area contributed by atoms with Crippen molar-refractivity contribution < 1.29 is 38.8 Å². The first-order chi connectivity index (χ1) is 11.0. The van der Waals surface area contributed by atoms with Gasteiger partial charge in [0.05, 0.1) is 5.56 Å². The van der Waals surface area contributed by atoms with Gasteiger partial charge in [0.2, 0.25) is 0 Å². The van der Waals surface area contributed by atoms with Crippen molar-refractivity contribution in [2.24, 2.45) is 0 Å². The largest absolute Gasteiger partial charge is 0.489 e. The van der Waals surface area contributed by atoms with Crippen LogP contribution in [0.3, 0.4) is 0 Å². The van der Waals surface area contributed by atoms with Crippen molar-refractivity contribution in [3.63, 3.8) is 0 Å². The maximum atomic E-state index is 13.5. The van der Waals surface area contributed by atoms with E-state index in [9.17, 15) is 29.9 Å². The molecule has 0 saturated heterocycles. The van der Waals surface area contributed by atoms with E-state index in [2.05, 4.69) is 4.18 Å². The third kappa shape index (κ3) is 5.08. The van der Waals surface area contributed by atoms with Crippen molar-refractivity contribution in [3.8, 4) is 11.5 Å². The number of benzene rings is 2. The van der Waals surface area contributed by atoms with Gasteiger partial charge in [0.1, 0.15) is 23.9 Å². The van der Waals surface area contributed by atoms with Gasteiger partial charge in [-0.3, -0.25) is 0 Å². The summed E-state index contributed by atoms with van der Waals surface area (Å²) in [6.07, 6.45) is -4.61. The number of hydrogen-bond acceptors (Lipinski definition) is 4. The van der Waals surface area contributed by atoms with Crippen molar-refractivity contribution in [2.45, 2.75) is 12.8 Å². The van der Waals surface area contributed by atoms with Crippen molar-refractivity contribution in [2.75, 3.05) is 0 Å². The molecule has 0 saturated carbocycles. The molecule has 0 aliphatic rings. The zero-order valence-electron chi connectivity index (χ0n) is 11.7. The minimum Gasteiger partial charge on any atom is -0.489 e. The molecule has 0 aliphatic carbocycles.